The molecule has 0 saturated carbocycles. The summed E-state index contributed by atoms with van der Waals surface area (Å²) in [4.78, 5) is 11.6. The molecular formula is C19H29FO2. The summed E-state index contributed by atoms with van der Waals surface area (Å²) < 4.78 is 20.0. The Kier molecular flexibility index (Phi) is 8.15. The molecule has 22 heavy (non-hydrogen) atoms. The van der Waals surface area contributed by atoms with Crippen LogP contribution in [-0.4, -0.2) is 12.4 Å². The van der Waals surface area contributed by atoms with Gasteiger partial charge in [0.2, 0.25) is 0 Å². The van der Waals surface area contributed by atoms with E-state index >= 15 is 0 Å². The fourth-order valence-electron chi connectivity index (χ4n) is 2.41. The molecule has 0 radical (unpaired) electrons. The maximum absolute atomic E-state index is 14.4. The number of benzene rings is 1. The molecular weight excluding hydrogens is 279 g/mol. The predicted molar refractivity (Wildman–Crippen MR) is 88.8 cm³/mol. The van der Waals surface area contributed by atoms with Crippen molar-refractivity contribution in [2.45, 2.75) is 59.8 Å². The first-order valence-corrected chi connectivity index (χ1v) is 8.38. The second-order valence-electron chi connectivity index (χ2n) is 6.41. The third-order valence-corrected chi connectivity index (χ3v) is 3.86. The van der Waals surface area contributed by atoms with Gasteiger partial charge in [-0.3, -0.25) is 4.79 Å². The number of Topliss-reactive ketones (excluding diaryl/α,β-unsaturated/α-hetero) is 1. The molecule has 1 aromatic carbocycles. The Balaban J connectivity index is 2.55. The highest BCUT2D eigenvalue weighted by Gasteiger charge is 2.12. The van der Waals surface area contributed by atoms with E-state index in [9.17, 15) is 9.18 Å². The smallest absolute Gasteiger partial charge is 0.168 e. The second kappa shape index (κ2) is 9.60. The SMILES string of the molecule is CCCC(C)COc1cccc(CCCC(=O)C(C)C)c1F. The fraction of sp³-hybridized carbons (Fsp3) is 0.632. The molecule has 2 nitrogen and oxygen atoms in total. The van der Waals surface area contributed by atoms with Crippen molar-refractivity contribution in [3.8, 4) is 5.75 Å². The number of hydrogen-bond donors (Lipinski definition) is 0. The van der Waals surface area contributed by atoms with Gasteiger partial charge in [-0.2, -0.15) is 0 Å². The molecule has 0 fully saturated rings. The molecule has 0 aliphatic heterocycles. The van der Waals surface area contributed by atoms with E-state index in [1.807, 2.05) is 19.9 Å². The molecule has 1 atom stereocenters. The maximum Gasteiger partial charge on any atom is 0.168 e. The van der Waals surface area contributed by atoms with Crippen LogP contribution in [0.15, 0.2) is 18.2 Å². The summed E-state index contributed by atoms with van der Waals surface area (Å²) in [7, 11) is 0. The van der Waals surface area contributed by atoms with Crippen molar-refractivity contribution < 1.29 is 13.9 Å². The lowest BCUT2D eigenvalue weighted by atomic mass is 10.0. The molecule has 0 aliphatic carbocycles. The van der Waals surface area contributed by atoms with E-state index in [1.165, 1.54) is 0 Å². The highest BCUT2D eigenvalue weighted by molar-refractivity contribution is 5.80. The number of rotatable bonds is 10. The van der Waals surface area contributed by atoms with Crippen LogP contribution >= 0.6 is 0 Å². The predicted octanol–water partition coefficient (Wildman–Crippen LogP) is 5.19. The van der Waals surface area contributed by atoms with Gasteiger partial charge in [-0.05, 0) is 36.8 Å². The van der Waals surface area contributed by atoms with E-state index in [-0.39, 0.29) is 17.5 Å². The lowest BCUT2D eigenvalue weighted by molar-refractivity contribution is -0.121. The topological polar surface area (TPSA) is 26.3 Å². The number of halogens is 1. The summed E-state index contributed by atoms with van der Waals surface area (Å²) in [6.07, 6.45) is 3.96. The standard InChI is InChI=1S/C19H29FO2/c1-5-8-15(4)13-22-18-12-7-10-16(19(18)20)9-6-11-17(21)14(2)3/h7,10,12,14-15H,5-6,8-9,11,13H2,1-4H3. The molecule has 1 rings (SSSR count). The van der Waals surface area contributed by atoms with Gasteiger partial charge in [0.15, 0.2) is 11.6 Å². The van der Waals surface area contributed by atoms with Gasteiger partial charge in [-0.25, -0.2) is 4.39 Å². The van der Waals surface area contributed by atoms with Crippen LogP contribution < -0.4 is 4.74 Å². The number of carbonyl (C=O) groups excluding carboxylic acids is 1. The van der Waals surface area contributed by atoms with Crippen LogP contribution in [0.1, 0.15) is 58.9 Å². The molecule has 0 N–H and O–H groups in total. The van der Waals surface area contributed by atoms with E-state index in [1.54, 1.807) is 12.1 Å². The quantitative estimate of drug-likeness (QED) is 0.594. The van der Waals surface area contributed by atoms with Gasteiger partial charge >= 0.3 is 0 Å². The Hall–Kier alpha value is -1.38. The van der Waals surface area contributed by atoms with Crippen LogP contribution in [0.2, 0.25) is 0 Å². The van der Waals surface area contributed by atoms with Crippen molar-refractivity contribution in [1.82, 2.24) is 0 Å². The summed E-state index contributed by atoms with van der Waals surface area (Å²) in [5, 5.41) is 0. The van der Waals surface area contributed by atoms with Gasteiger partial charge in [0.05, 0.1) is 6.61 Å². The van der Waals surface area contributed by atoms with Crippen LogP contribution in [0.4, 0.5) is 4.39 Å². The van der Waals surface area contributed by atoms with Crippen molar-refractivity contribution in [3.63, 3.8) is 0 Å². The van der Waals surface area contributed by atoms with Crippen molar-refractivity contribution in [2.75, 3.05) is 6.61 Å². The number of ketones is 1. The summed E-state index contributed by atoms with van der Waals surface area (Å²) >= 11 is 0. The molecule has 3 heteroatoms. The summed E-state index contributed by atoms with van der Waals surface area (Å²) in [5.74, 6) is 0.774. The fourth-order valence-corrected chi connectivity index (χ4v) is 2.41. The minimum absolute atomic E-state index is 0.0552. The van der Waals surface area contributed by atoms with Gasteiger partial charge in [0, 0.05) is 12.3 Å². The van der Waals surface area contributed by atoms with Crippen LogP contribution in [0.3, 0.4) is 0 Å². The zero-order chi connectivity index (χ0) is 16.5. The van der Waals surface area contributed by atoms with Gasteiger partial charge in [0.1, 0.15) is 5.78 Å². The molecule has 0 aliphatic rings. The molecule has 0 bridgehead atoms. The molecule has 124 valence electrons. The van der Waals surface area contributed by atoms with Crippen molar-refractivity contribution in [3.05, 3.63) is 29.6 Å². The largest absolute Gasteiger partial charge is 0.490 e. The number of hydrogen-bond acceptors (Lipinski definition) is 2. The third-order valence-electron chi connectivity index (χ3n) is 3.86. The Morgan fingerprint density at radius 1 is 1.27 bits per heavy atom. The second-order valence-corrected chi connectivity index (χ2v) is 6.41. The van der Waals surface area contributed by atoms with E-state index < -0.39 is 0 Å². The minimum atomic E-state index is -0.275. The normalized spacial score (nSPS) is 12.5. The van der Waals surface area contributed by atoms with E-state index in [4.69, 9.17) is 4.74 Å². The molecule has 0 amide bonds. The average molecular weight is 308 g/mol. The van der Waals surface area contributed by atoms with Crippen molar-refractivity contribution in [1.29, 1.82) is 0 Å². The van der Waals surface area contributed by atoms with E-state index in [0.29, 0.717) is 43.1 Å². The first kappa shape index (κ1) is 18.7. The van der Waals surface area contributed by atoms with Crippen molar-refractivity contribution >= 4 is 5.78 Å². The Morgan fingerprint density at radius 3 is 2.64 bits per heavy atom. The average Bonchev–Trinajstić information content (AvgIpc) is 2.47. The first-order chi connectivity index (χ1) is 10.5. The molecule has 1 unspecified atom stereocenters. The zero-order valence-corrected chi connectivity index (χ0v) is 14.3. The molecule has 0 spiro atoms. The third kappa shape index (κ3) is 6.17. The molecule has 1 aromatic rings. The lowest BCUT2D eigenvalue weighted by Crippen LogP contribution is -2.10. The molecule has 0 aromatic heterocycles. The van der Waals surface area contributed by atoms with Gasteiger partial charge in [0.25, 0.3) is 0 Å². The van der Waals surface area contributed by atoms with Gasteiger partial charge < -0.3 is 4.74 Å². The summed E-state index contributed by atoms with van der Waals surface area (Å²) in [5.41, 5.74) is 0.636. The van der Waals surface area contributed by atoms with Crippen LogP contribution in [0.25, 0.3) is 0 Å². The van der Waals surface area contributed by atoms with Crippen LogP contribution in [-0.2, 0) is 11.2 Å². The Morgan fingerprint density at radius 2 is 2.00 bits per heavy atom. The van der Waals surface area contributed by atoms with Gasteiger partial charge in [-0.15, -0.1) is 0 Å². The van der Waals surface area contributed by atoms with E-state index in [2.05, 4.69) is 13.8 Å². The number of carbonyl (C=O) groups is 1. The minimum Gasteiger partial charge on any atom is -0.490 e. The molecule has 0 heterocycles. The first-order valence-electron chi connectivity index (χ1n) is 8.38. The molecule has 0 saturated heterocycles. The number of ether oxygens (including phenoxy) is 1. The van der Waals surface area contributed by atoms with Crippen LogP contribution in [0.5, 0.6) is 5.75 Å². The Labute approximate surface area is 134 Å². The lowest BCUT2D eigenvalue weighted by Gasteiger charge is -2.14. The summed E-state index contributed by atoms with van der Waals surface area (Å²) in [6, 6.07) is 5.27. The van der Waals surface area contributed by atoms with Gasteiger partial charge in [-0.1, -0.05) is 46.2 Å². The zero-order valence-electron chi connectivity index (χ0n) is 14.3. The highest BCUT2D eigenvalue weighted by atomic mass is 19.1. The summed E-state index contributed by atoms with van der Waals surface area (Å²) in [6.45, 7) is 8.59. The van der Waals surface area contributed by atoms with E-state index in [0.717, 1.165) is 12.8 Å². The maximum atomic E-state index is 14.4. The monoisotopic (exact) mass is 308 g/mol. The van der Waals surface area contributed by atoms with Crippen molar-refractivity contribution in [2.24, 2.45) is 11.8 Å². The number of aryl methyl sites for hydroxylation is 1. The highest BCUT2D eigenvalue weighted by Crippen LogP contribution is 2.23. The Bertz CT molecular complexity index is 469. The van der Waals surface area contributed by atoms with Crippen LogP contribution in [0, 0.1) is 17.7 Å².